The normalized spacial score (nSPS) is 12.6. The number of halogens is 1. The molecule has 3 nitrogen and oxygen atoms in total. The summed E-state index contributed by atoms with van der Waals surface area (Å²) in [6.45, 7) is 3.00. The zero-order chi connectivity index (χ0) is 14.4. The molecule has 0 saturated carbocycles. The van der Waals surface area contributed by atoms with Crippen LogP contribution in [0, 0.1) is 5.82 Å². The average Bonchev–Trinajstić information content (AvgIpc) is 2.86. The first-order valence-electron chi connectivity index (χ1n) is 7.16. The molecule has 0 bridgehead atoms. The van der Waals surface area contributed by atoms with Gasteiger partial charge in [-0.2, -0.15) is 0 Å². The van der Waals surface area contributed by atoms with Crippen molar-refractivity contribution in [2.75, 3.05) is 6.54 Å². The quantitative estimate of drug-likeness (QED) is 0.840. The highest BCUT2D eigenvalue weighted by atomic mass is 19.1. The maximum atomic E-state index is 14.0. The number of benzene rings is 1. The molecule has 0 amide bonds. The highest BCUT2D eigenvalue weighted by molar-refractivity contribution is 5.21. The number of imidazole rings is 1. The second-order valence-corrected chi connectivity index (χ2v) is 5.02. The standard InChI is InChI=1S/C16H22FN3/c1-3-10-18-15(13-6-4-5-7-14(13)17)8-9-16-19-11-12-20(16)2/h4-7,11-12,15,18H,3,8-10H2,1-2H3. The first-order chi connectivity index (χ1) is 9.72. The van der Waals surface area contributed by atoms with Gasteiger partial charge in [0.15, 0.2) is 0 Å². The topological polar surface area (TPSA) is 29.9 Å². The molecular weight excluding hydrogens is 253 g/mol. The summed E-state index contributed by atoms with van der Waals surface area (Å²) in [5, 5.41) is 3.43. The molecule has 4 heteroatoms. The van der Waals surface area contributed by atoms with Crippen molar-refractivity contribution in [2.24, 2.45) is 7.05 Å². The molecule has 2 rings (SSSR count). The Hall–Kier alpha value is -1.68. The molecule has 0 saturated heterocycles. The molecule has 1 aromatic heterocycles. The third-order valence-corrected chi connectivity index (χ3v) is 3.50. The second kappa shape index (κ2) is 7.20. The third-order valence-electron chi connectivity index (χ3n) is 3.50. The van der Waals surface area contributed by atoms with Crippen LogP contribution in [-0.2, 0) is 13.5 Å². The molecule has 0 fully saturated rings. The van der Waals surface area contributed by atoms with Crippen molar-refractivity contribution in [3.63, 3.8) is 0 Å². The van der Waals surface area contributed by atoms with E-state index < -0.39 is 0 Å². The molecule has 2 aromatic rings. The molecule has 0 aliphatic rings. The van der Waals surface area contributed by atoms with Gasteiger partial charge in [-0.05, 0) is 25.5 Å². The van der Waals surface area contributed by atoms with Gasteiger partial charge in [0.2, 0.25) is 0 Å². The van der Waals surface area contributed by atoms with Crippen LogP contribution in [0.25, 0.3) is 0 Å². The Morgan fingerprint density at radius 3 is 2.80 bits per heavy atom. The van der Waals surface area contributed by atoms with E-state index >= 15 is 0 Å². The maximum Gasteiger partial charge on any atom is 0.127 e. The van der Waals surface area contributed by atoms with Crippen LogP contribution in [0.4, 0.5) is 4.39 Å². The van der Waals surface area contributed by atoms with Gasteiger partial charge in [-0.25, -0.2) is 9.37 Å². The van der Waals surface area contributed by atoms with Gasteiger partial charge >= 0.3 is 0 Å². The van der Waals surface area contributed by atoms with E-state index in [2.05, 4.69) is 17.2 Å². The Morgan fingerprint density at radius 2 is 2.15 bits per heavy atom. The number of nitrogens with zero attached hydrogens (tertiary/aromatic N) is 2. The van der Waals surface area contributed by atoms with Crippen LogP contribution in [0.5, 0.6) is 0 Å². The fourth-order valence-electron chi connectivity index (χ4n) is 2.35. The first-order valence-corrected chi connectivity index (χ1v) is 7.16. The lowest BCUT2D eigenvalue weighted by Gasteiger charge is -2.19. The monoisotopic (exact) mass is 275 g/mol. The van der Waals surface area contributed by atoms with E-state index in [1.807, 2.05) is 29.9 Å². The van der Waals surface area contributed by atoms with Crippen LogP contribution < -0.4 is 5.32 Å². The molecule has 20 heavy (non-hydrogen) atoms. The van der Waals surface area contributed by atoms with Crippen LogP contribution in [-0.4, -0.2) is 16.1 Å². The number of hydrogen-bond acceptors (Lipinski definition) is 2. The van der Waals surface area contributed by atoms with Crippen LogP contribution in [0.1, 0.15) is 37.2 Å². The highest BCUT2D eigenvalue weighted by Gasteiger charge is 2.15. The average molecular weight is 275 g/mol. The summed E-state index contributed by atoms with van der Waals surface area (Å²) >= 11 is 0. The summed E-state index contributed by atoms with van der Waals surface area (Å²) in [6.07, 6.45) is 6.44. The summed E-state index contributed by atoms with van der Waals surface area (Å²) in [6, 6.07) is 7.04. The van der Waals surface area contributed by atoms with Gasteiger partial charge in [-0.15, -0.1) is 0 Å². The van der Waals surface area contributed by atoms with E-state index in [9.17, 15) is 4.39 Å². The number of nitrogens with one attached hydrogen (secondary N) is 1. The van der Waals surface area contributed by atoms with E-state index in [0.29, 0.717) is 0 Å². The summed E-state index contributed by atoms with van der Waals surface area (Å²) in [5.41, 5.74) is 0.746. The van der Waals surface area contributed by atoms with Gasteiger partial charge in [0, 0.05) is 37.5 Å². The largest absolute Gasteiger partial charge is 0.338 e. The molecule has 108 valence electrons. The Kier molecular flexibility index (Phi) is 5.30. The van der Waals surface area contributed by atoms with Crippen molar-refractivity contribution in [1.29, 1.82) is 0 Å². The summed E-state index contributed by atoms with van der Waals surface area (Å²) in [7, 11) is 1.99. The molecule has 0 spiro atoms. The minimum atomic E-state index is -0.138. The molecule has 0 aliphatic heterocycles. The lowest BCUT2D eigenvalue weighted by molar-refractivity contribution is 0.467. The van der Waals surface area contributed by atoms with Crippen molar-refractivity contribution >= 4 is 0 Å². The smallest absolute Gasteiger partial charge is 0.127 e. The van der Waals surface area contributed by atoms with Crippen LogP contribution in [0.15, 0.2) is 36.7 Å². The highest BCUT2D eigenvalue weighted by Crippen LogP contribution is 2.21. The molecule has 1 atom stereocenters. The Bertz CT molecular complexity index is 536. The molecule has 0 radical (unpaired) electrons. The SMILES string of the molecule is CCCNC(CCc1nccn1C)c1ccccc1F. The van der Waals surface area contributed by atoms with Crippen LogP contribution >= 0.6 is 0 Å². The van der Waals surface area contributed by atoms with Crippen molar-refractivity contribution in [2.45, 2.75) is 32.2 Å². The van der Waals surface area contributed by atoms with E-state index in [4.69, 9.17) is 0 Å². The number of rotatable bonds is 7. The zero-order valence-corrected chi connectivity index (χ0v) is 12.1. The van der Waals surface area contributed by atoms with Crippen molar-refractivity contribution in [1.82, 2.24) is 14.9 Å². The number of aromatic nitrogens is 2. The predicted octanol–water partition coefficient (Wildman–Crippen LogP) is 3.23. The maximum absolute atomic E-state index is 14.0. The van der Waals surface area contributed by atoms with E-state index in [-0.39, 0.29) is 11.9 Å². The van der Waals surface area contributed by atoms with Crippen LogP contribution in [0.3, 0.4) is 0 Å². The fourth-order valence-corrected chi connectivity index (χ4v) is 2.35. The molecule has 1 N–H and O–H groups in total. The van der Waals surface area contributed by atoms with Gasteiger partial charge < -0.3 is 9.88 Å². The molecule has 1 aromatic carbocycles. The number of hydrogen-bond donors (Lipinski definition) is 1. The first kappa shape index (κ1) is 14.7. The Balaban J connectivity index is 2.08. The van der Waals surface area contributed by atoms with Crippen molar-refractivity contribution in [3.8, 4) is 0 Å². The minimum Gasteiger partial charge on any atom is -0.338 e. The molecule has 0 aliphatic carbocycles. The lowest BCUT2D eigenvalue weighted by Crippen LogP contribution is -2.24. The van der Waals surface area contributed by atoms with E-state index in [1.54, 1.807) is 12.3 Å². The number of aryl methyl sites for hydroxylation is 2. The fraction of sp³-hybridized carbons (Fsp3) is 0.438. The predicted molar refractivity (Wildman–Crippen MR) is 79.0 cm³/mol. The Labute approximate surface area is 119 Å². The van der Waals surface area contributed by atoms with Gasteiger partial charge in [0.25, 0.3) is 0 Å². The lowest BCUT2D eigenvalue weighted by atomic mass is 10.0. The zero-order valence-electron chi connectivity index (χ0n) is 12.1. The van der Waals surface area contributed by atoms with Gasteiger partial charge in [0.1, 0.15) is 11.6 Å². The van der Waals surface area contributed by atoms with E-state index in [0.717, 1.165) is 37.2 Å². The molecule has 1 heterocycles. The van der Waals surface area contributed by atoms with Crippen LogP contribution in [0.2, 0.25) is 0 Å². The summed E-state index contributed by atoms with van der Waals surface area (Å²) < 4.78 is 16.0. The molecular formula is C16H22FN3. The minimum absolute atomic E-state index is 0.0350. The second-order valence-electron chi connectivity index (χ2n) is 5.02. The van der Waals surface area contributed by atoms with Crippen molar-refractivity contribution in [3.05, 3.63) is 53.9 Å². The van der Waals surface area contributed by atoms with Gasteiger partial charge in [-0.3, -0.25) is 0 Å². The van der Waals surface area contributed by atoms with Gasteiger partial charge in [0.05, 0.1) is 0 Å². The third kappa shape index (κ3) is 3.67. The summed E-state index contributed by atoms with van der Waals surface area (Å²) in [5.74, 6) is 0.894. The Morgan fingerprint density at radius 1 is 1.35 bits per heavy atom. The van der Waals surface area contributed by atoms with Crippen molar-refractivity contribution < 1.29 is 4.39 Å². The molecule has 1 unspecified atom stereocenters. The van der Waals surface area contributed by atoms with E-state index in [1.165, 1.54) is 6.07 Å². The summed E-state index contributed by atoms with van der Waals surface area (Å²) in [4.78, 5) is 4.33. The van der Waals surface area contributed by atoms with Gasteiger partial charge in [-0.1, -0.05) is 25.1 Å².